The third kappa shape index (κ3) is 1.74. The summed E-state index contributed by atoms with van der Waals surface area (Å²) in [6.45, 7) is 3.50. The first-order chi connectivity index (χ1) is 4.84. The van der Waals surface area contributed by atoms with Crippen molar-refractivity contribution in [1.29, 1.82) is 0 Å². The SMILES string of the molecule is C[CH]Oc1ccccc1Br. The molecule has 2 heteroatoms. The van der Waals surface area contributed by atoms with Crippen molar-refractivity contribution >= 4 is 15.9 Å². The van der Waals surface area contributed by atoms with E-state index in [9.17, 15) is 0 Å². The molecule has 0 saturated carbocycles. The van der Waals surface area contributed by atoms with Gasteiger partial charge in [-0.25, -0.2) is 0 Å². The van der Waals surface area contributed by atoms with E-state index in [0.717, 1.165) is 10.2 Å². The zero-order valence-corrected chi connectivity index (χ0v) is 7.26. The minimum Gasteiger partial charge on any atom is -0.486 e. The van der Waals surface area contributed by atoms with Crippen LogP contribution in [0.2, 0.25) is 0 Å². The van der Waals surface area contributed by atoms with Gasteiger partial charge >= 0.3 is 0 Å². The second-order valence-electron chi connectivity index (χ2n) is 1.78. The second-order valence-corrected chi connectivity index (χ2v) is 2.64. The van der Waals surface area contributed by atoms with Gasteiger partial charge in [-0.05, 0) is 35.0 Å². The van der Waals surface area contributed by atoms with Crippen molar-refractivity contribution in [3.63, 3.8) is 0 Å². The molecule has 1 nitrogen and oxygen atoms in total. The number of ether oxygens (including phenoxy) is 1. The van der Waals surface area contributed by atoms with E-state index in [1.165, 1.54) is 0 Å². The maximum Gasteiger partial charge on any atom is 0.134 e. The molecule has 0 amide bonds. The summed E-state index contributed by atoms with van der Waals surface area (Å²) in [6, 6.07) is 7.74. The average molecular weight is 200 g/mol. The molecule has 0 aromatic heterocycles. The topological polar surface area (TPSA) is 9.23 Å². The van der Waals surface area contributed by atoms with Gasteiger partial charge in [0.25, 0.3) is 0 Å². The highest BCUT2D eigenvalue weighted by molar-refractivity contribution is 9.10. The van der Waals surface area contributed by atoms with E-state index in [-0.39, 0.29) is 0 Å². The Labute approximate surface area is 69.1 Å². The molecule has 0 atom stereocenters. The largest absolute Gasteiger partial charge is 0.486 e. The predicted octanol–water partition coefficient (Wildman–Crippen LogP) is 3.01. The third-order valence-corrected chi connectivity index (χ3v) is 1.74. The molecular formula is C8H8BrO. The van der Waals surface area contributed by atoms with Gasteiger partial charge in [0.15, 0.2) is 0 Å². The normalized spacial score (nSPS) is 9.40. The molecule has 1 aromatic carbocycles. The van der Waals surface area contributed by atoms with Crippen molar-refractivity contribution < 1.29 is 4.74 Å². The number of benzene rings is 1. The Morgan fingerprint density at radius 3 is 2.70 bits per heavy atom. The van der Waals surface area contributed by atoms with E-state index in [2.05, 4.69) is 15.9 Å². The summed E-state index contributed by atoms with van der Waals surface area (Å²) in [4.78, 5) is 0. The van der Waals surface area contributed by atoms with Gasteiger partial charge in [-0.1, -0.05) is 12.1 Å². The zero-order valence-electron chi connectivity index (χ0n) is 5.67. The molecular weight excluding hydrogens is 192 g/mol. The Bertz CT molecular complexity index is 210. The van der Waals surface area contributed by atoms with Crippen LogP contribution < -0.4 is 4.74 Å². The average Bonchev–Trinajstić information content (AvgIpc) is 1.94. The zero-order chi connectivity index (χ0) is 7.40. The van der Waals surface area contributed by atoms with Crippen molar-refractivity contribution in [2.24, 2.45) is 0 Å². The smallest absolute Gasteiger partial charge is 0.134 e. The standard InChI is InChI=1S/C8H8BrO/c1-2-10-8-6-4-3-5-7(8)9/h2-6H,1H3. The molecule has 0 heterocycles. The number of hydrogen-bond acceptors (Lipinski definition) is 1. The van der Waals surface area contributed by atoms with Crippen molar-refractivity contribution in [3.8, 4) is 5.75 Å². The van der Waals surface area contributed by atoms with Crippen LogP contribution in [0.1, 0.15) is 6.92 Å². The Balaban J connectivity index is 2.81. The number of rotatable bonds is 2. The summed E-state index contributed by atoms with van der Waals surface area (Å²) in [5.41, 5.74) is 0. The summed E-state index contributed by atoms with van der Waals surface area (Å²) in [7, 11) is 0. The van der Waals surface area contributed by atoms with Crippen LogP contribution in [-0.2, 0) is 0 Å². The van der Waals surface area contributed by atoms with Crippen LogP contribution in [0, 0.1) is 6.61 Å². The number of hydrogen-bond donors (Lipinski definition) is 0. The third-order valence-electron chi connectivity index (χ3n) is 1.08. The van der Waals surface area contributed by atoms with Crippen LogP contribution in [0.3, 0.4) is 0 Å². The maximum absolute atomic E-state index is 5.16. The molecule has 0 fully saturated rings. The van der Waals surface area contributed by atoms with Gasteiger partial charge in [-0.15, -0.1) is 0 Å². The number of halogens is 1. The van der Waals surface area contributed by atoms with Gasteiger partial charge in [0, 0.05) is 0 Å². The Morgan fingerprint density at radius 2 is 2.10 bits per heavy atom. The van der Waals surface area contributed by atoms with Gasteiger partial charge < -0.3 is 4.74 Å². The molecule has 0 saturated heterocycles. The van der Waals surface area contributed by atoms with Crippen molar-refractivity contribution in [2.45, 2.75) is 6.92 Å². The highest BCUT2D eigenvalue weighted by Crippen LogP contribution is 2.23. The number of para-hydroxylation sites is 1. The minimum absolute atomic E-state index is 0.852. The highest BCUT2D eigenvalue weighted by atomic mass is 79.9. The van der Waals surface area contributed by atoms with E-state index in [1.807, 2.05) is 31.2 Å². The van der Waals surface area contributed by atoms with E-state index >= 15 is 0 Å². The van der Waals surface area contributed by atoms with E-state index in [0.29, 0.717) is 0 Å². The molecule has 0 aliphatic rings. The van der Waals surface area contributed by atoms with Crippen molar-refractivity contribution in [2.75, 3.05) is 0 Å². The Kier molecular flexibility index (Phi) is 2.75. The predicted molar refractivity (Wildman–Crippen MR) is 44.7 cm³/mol. The van der Waals surface area contributed by atoms with Crippen LogP contribution in [0.25, 0.3) is 0 Å². The molecule has 0 N–H and O–H groups in total. The summed E-state index contributed by atoms with van der Waals surface area (Å²) in [6.07, 6.45) is 0. The highest BCUT2D eigenvalue weighted by Gasteiger charge is 1.95. The van der Waals surface area contributed by atoms with Gasteiger partial charge in [0.05, 0.1) is 4.47 Å². The first-order valence-electron chi connectivity index (χ1n) is 3.03. The van der Waals surface area contributed by atoms with Gasteiger partial charge in [0.1, 0.15) is 12.4 Å². The molecule has 1 radical (unpaired) electrons. The maximum atomic E-state index is 5.16. The lowest BCUT2D eigenvalue weighted by Gasteiger charge is -2.02. The van der Waals surface area contributed by atoms with E-state index in [1.54, 1.807) is 6.61 Å². The summed E-state index contributed by atoms with van der Waals surface area (Å²) < 4.78 is 6.14. The van der Waals surface area contributed by atoms with Gasteiger partial charge in [-0.3, -0.25) is 0 Å². The molecule has 0 aliphatic carbocycles. The Hall–Kier alpha value is -0.500. The lowest BCUT2D eigenvalue weighted by atomic mass is 10.3. The quantitative estimate of drug-likeness (QED) is 0.712. The molecule has 10 heavy (non-hydrogen) atoms. The molecule has 0 bridgehead atoms. The molecule has 53 valence electrons. The molecule has 0 spiro atoms. The fraction of sp³-hybridized carbons (Fsp3) is 0.125. The summed E-state index contributed by atoms with van der Waals surface area (Å²) >= 11 is 3.35. The van der Waals surface area contributed by atoms with Crippen LogP contribution in [0.15, 0.2) is 28.7 Å². The minimum atomic E-state index is 0.852. The van der Waals surface area contributed by atoms with Crippen molar-refractivity contribution in [3.05, 3.63) is 35.3 Å². The summed E-state index contributed by atoms with van der Waals surface area (Å²) in [5, 5.41) is 0. The molecule has 0 unspecified atom stereocenters. The van der Waals surface area contributed by atoms with Gasteiger partial charge in [-0.2, -0.15) is 0 Å². The molecule has 0 aliphatic heterocycles. The fourth-order valence-corrected chi connectivity index (χ4v) is 1.05. The lowest BCUT2D eigenvalue weighted by Crippen LogP contribution is -1.84. The Morgan fingerprint density at radius 1 is 1.40 bits per heavy atom. The van der Waals surface area contributed by atoms with Crippen LogP contribution in [-0.4, -0.2) is 0 Å². The molecule has 1 rings (SSSR count). The first kappa shape index (κ1) is 7.61. The van der Waals surface area contributed by atoms with Gasteiger partial charge in [0.2, 0.25) is 0 Å². The van der Waals surface area contributed by atoms with Crippen LogP contribution in [0.4, 0.5) is 0 Å². The molecule has 1 aromatic rings. The van der Waals surface area contributed by atoms with Crippen LogP contribution >= 0.6 is 15.9 Å². The second kappa shape index (κ2) is 3.62. The summed E-state index contributed by atoms with van der Waals surface area (Å²) in [5.74, 6) is 0.852. The van der Waals surface area contributed by atoms with Crippen molar-refractivity contribution in [1.82, 2.24) is 0 Å². The van der Waals surface area contributed by atoms with E-state index in [4.69, 9.17) is 4.74 Å². The first-order valence-corrected chi connectivity index (χ1v) is 3.83. The monoisotopic (exact) mass is 199 g/mol. The lowest BCUT2D eigenvalue weighted by molar-refractivity contribution is 0.414. The van der Waals surface area contributed by atoms with E-state index < -0.39 is 0 Å². The van der Waals surface area contributed by atoms with Crippen LogP contribution in [0.5, 0.6) is 5.75 Å². The fourth-order valence-electron chi connectivity index (χ4n) is 0.667.